The maximum atomic E-state index is 12.2. The minimum absolute atomic E-state index is 0.717. The first-order valence-electron chi connectivity index (χ1n) is 10.3. The lowest BCUT2D eigenvalue weighted by molar-refractivity contribution is 0.160. The molecule has 0 saturated heterocycles. The standard InChI is InChI=1S/C23H33FO/c1-2-25-23-15-13-22(14-16-23)21-11-9-20(10-12-21)19-7-5-18(6-8-19)4-3-17-24/h3,13-21H,2,4-12H2,1H3/t18-,19-,20-,21-. The van der Waals surface area contributed by atoms with Gasteiger partial charge in [0, 0.05) is 0 Å². The number of halogens is 1. The second-order valence-electron chi connectivity index (χ2n) is 7.99. The Morgan fingerprint density at radius 3 is 2.08 bits per heavy atom. The highest BCUT2D eigenvalue weighted by molar-refractivity contribution is 5.29. The molecule has 0 amide bonds. The zero-order chi connectivity index (χ0) is 17.5. The third kappa shape index (κ3) is 5.09. The van der Waals surface area contributed by atoms with Crippen LogP contribution in [0.15, 0.2) is 36.7 Å². The van der Waals surface area contributed by atoms with Gasteiger partial charge in [0.25, 0.3) is 0 Å². The number of benzene rings is 1. The summed E-state index contributed by atoms with van der Waals surface area (Å²) < 4.78 is 17.7. The van der Waals surface area contributed by atoms with E-state index in [0.717, 1.165) is 42.4 Å². The lowest BCUT2D eigenvalue weighted by atomic mass is 9.68. The first kappa shape index (κ1) is 18.5. The zero-order valence-electron chi connectivity index (χ0n) is 15.6. The van der Waals surface area contributed by atoms with Gasteiger partial charge in [-0.15, -0.1) is 0 Å². The van der Waals surface area contributed by atoms with Crippen LogP contribution in [0, 0.1) is 17.8 Å². The zero-order valence-corrected chi connectivity index (χ0v) is 15.6. The Kier molecular flexibility index (Phi) is 6.95. The molecule has 2 saturated carbocycles. The summed E-state index contributed by atoms with van der Waals surface area (Å²) in [6.45, 7) is 2.76. The third-order valence-electron chi connectivity index (χ3n) is 6.55. The Balaban J connectivity index is 1.44. The van der Waals surface area contributed by atoms with Crippen molar-refractivity contribution in [2.24, 2.45) is 17.8 Å². The maximum Gasteiger partial charge on any atom is 0.119 e. The molecule has 0 aromatic heterocycles. The first-order valence-corrected chi connectivity index (χ1v) is 10.3. The summed E-state index contributed by atoms with van der Waals surface area (Å²) in [5, 5.41) is 0. The molecule has 0 aliphatic heterocycles. The fourth-order valence-corrected chi connectivity index (χ4v) is 5.07. The van der Waals surface area contributed by atoms with Gasteiger partial charge in [-0.25, -0.2) is 4.39 Å². The second-order valence-corrected chi connectivity index (χ2v) is 7.99. The fraction of sp³-hybridized carbons (Fsp3) is 0.652. The van der Waals surface area contributed by atoms with Gasteiger partial charge in [-0.3, -0.25) is 0 Å². The largest absolute Gasteiger partial charge is 0.494 e. The first-order chi connectivity index (χ1) is 12.3. The second kappa shape index (κ2) is 9.40. The van der Waals surface area contributed by atoms with Crippen LogP contribution in [-0.4, -0.2) is 6.61 Å². The molecule has 3 rings (SSSR count). The Labute approximate surface area is 152 Å². The van der Waals surface area contributed by atoms with E-state index in [0.29, 0.717) is 6.33 Å². The minimum atomic E-state index is 0.717. The van der Waals surface area contributed by atoms with Gasteiger partial charge in [0.1, 0.15) is 5.75 Å². The number of allylic oxidation sites excluding steroid dienone is 1. The average Bonchev–Trinajstić information content (AvgIpc) is 2.68. The monoisotopic (exact) mass is 344 g/mol. The number of rotatable bonds is 6. The van der Waals surface area contributed by atoms with E-state index >= 15 is 0 Å². The van der Waals surface area contributed by atoms with Crippen molar-refractivity contribution in [2.75, 3.05) is 6.61 Å². The van der Waals surface area contributed by atoms with Gasteiger partial charge in [0.2, 0.25) is 0 Å². The van der Waals surface area contributed by atoms with Gasteiger partial charge in [-0.2, -0.15) is 0 Å². The van der Waals surface area contributed by atoms with Crippen molar-refractivity contribution in [1.29, 1.82) is 0 Å². The molecule has 138 valence electrons. The van der Waals surface area contributed by atoms with Gasteiger partial charge in [-0.05, 0) is 106 Å². The molecule has 2 heteroatoms. The molecule has 0 heterocycles. The molecule has 1 aromatic carbocycles. The summed E-state index contributed by atoms with van der Waals surface area (Å²) in [5.74, 6) is 4.30. The van der Waals surface area contributed by atoms with Crippen molar-refractivity contribution in [2.45, 2.75) is 70.6 Å². The van der Waals surface area contributed by atoms with Crippen LogP contribution >= 0.6 is 0 Å². The van der Waals surface area contributed by atoms with Crippen LogP contribution in [0.1, 0.15) is 76.2 Å². The van der Waals surface area contributed by atoms with Crippen LogP contribution in [-0.2, 0) is 0 Å². The van der Waals surface area contributed by atoms with Crippen molar-refractivity contribution in [3.05, 3.63) is 42.2 Å². The molecule has 0 radical (unpaired) electrons. The number of ether oxygens (including phenoxy) is 1. The Morgan fingerprint density at radius 2 is 1.52 bits per heavy atom. The highest BCUT2D eigenvalue weighted by atomic mass is 19.1. The highest BCUT2D eigenvalue weighted by Gasteiger charge is 2.31. The molecule has 2 aliphatic rings. The Bertz CT molecular complexity index is 520. The molecule has 0 atom stereocenters. The van der Waals surface area contributed by atoms with E-state index in [1.807, 2.05) is 6.92 Å². The molecule has 2 fully saturated rings. The molecule has 1 nitrogen and oxygen atoms in total. The van der Waals surface area contributed by atoms with Crippen LogP contribution < -0.4 is 4.74 Å². The quantitative estimate of drug-likeness (QED) is 0.538. The van der Waals surface area contributed by atoms with Crippen LogP contribution in [0.5, 0.6) is 5.75 Å². The molecule has 0 N–H and O–H groups in total. The lowest BCUT2D eigenvalue weighted by Gasteiger charge is -2.38. The van der Waals surface area contributed by atoms with E-state index in [1.54, 1.807) is 6.08 Å². The number of hydrogen-bond donors (Lipinski definition) is 0. The van der Waals surface area contributed by atoms with E-state index in [-0.39, 0.29) is 0 Å². The maximum absolute atomic E-state index is 12.2. The van der Waals surface area contributed by atoms with Crippen LogP contribution in [0.2, 0.25) is 0 Å². The molecule has 0 unspecified atom stereocenters. The summed E-state index contributed by atoms with van der Waals surface area (Å²) in [4.78, 5) is 0. The SMILES string of the molecule is CCOc1ccc([C@H]2CC[C@H]([C@H]3CC[C@H](CC=CF)CC3)CC2)cc1. The summed E-state index contributed by atoms with van der Waals surface area (Å²) in [6, 6.07) is 8.77. The van der Waals surface area contributed by atoms with E-state index in [4.69, 9.17) is 4.74 Å². The van der Waals surface area contributed by atoms with Crippen molar-refractivity contribution in [1.82, 2.24) is 0 Å². The van der Waals surface area contributed by atoms with Gasteiger partial charge >= 0.3 is 0 Å². The lowest BCUT2D eigenvalue weighted by Crippen LogP contribution is -2.25. The molecular formula is C23H33FO. The minimum Gasteiger partial charge on any atom is -0.494 e. The third-order valence-corrected chi connectivity index (χ3v) is 6.55. The molecule has 25 heavy (non-hydrogen) atoms. The van der Waals surface area contributed by atoms with Crippen LogP contribution in [0.3, 0.4) is 0 Å². The smallest absolute Gasteiger partial charge is 0.119 e. The van der Waals surface area contributed by atoms with Gasteiger partial charge in [0.05, 0.1) is 12.9 Å². The van der Waals surface area contributed by atoms with Crippen molar-refractivity contribution in [3.8, 4) is 5.75 Å². The van der Waals surface area contributed by atoms with E-state index < -0.39 is 0 Å². The molecule has 1 aromatic rings. The molecule has 2 aliphatic carbocycles. The van der Waals surface area contributed by atoms with Crippen LogP contribution in [0.4, 0.5) is 4.39 Å². The fourth-order valence-electron chi connectivity index (χ4n) is 5.07. The average molecular weight is 345 g/mol. The summed E-state index contributed by atoms with van der Waals surface area (Å²) in [5.41, 5.74) is 1.49. The summed E-state index contributed by atoms with van der Waals surface area (Å²) in [6.07, 6.45) is 14.1. The number of hydrogen-bond acceptors (Lipinski definition) is 1. The summed E-state index contributed by atoms with van der Waals surface area (Å²) in [7, 11) is 0. The van der Waals surface area contributed by atoms with E-state index in [1.165, 1.54) is 56.9 Å². The summed E-state index contributed by atoms with van der Waals surface area (Å²) >= 11 is 0. The highest BCUT2D eigenvalue weighted by Crippen LogP contribution is 2.44. The van der Waals surface area contributed by atoms with E-state index in [9.17, 15) is 4.39 Å². The Morgan fingerprint density at radius 1 is 0.920 bits per heavy atom. The topological polar surface area (TPSA) is 9.23 Å². The Hall–Kier alpha value is -1.31. The normalized spacial score (nSPS) is 30.5. The predicted octanol–water partition coefficient (Wildman–Crippen LogP) is 7.04. The molecule has 0 bridgehead atoms. The predicted molar refractivity (Wildman–Crippen MR) is 103 cm³/mol. The van der Waals surface area contributed by atoms with Gasteiger partial charge in [-0.1, -0.05) is 18.2 Å². The van der Waals surface area contributed by atoms with Crippen molar-refractivity contribution >= 4 is 0 Å². The molecule has 0 spiro atoms. The molecular weight excluding hydrogens is 311 g/mol. The van der Waals surface area contributed by atoms with E-state index in [2.05, 4.69) is 24.3 Å². The van der Waals surface area contributed by atoms with Gasteiger partial charge in [0.15, 0.2) is 0 Å². The van der Waals surface area contributed by atoms with Crippen molar-refractivity contribution < 1.29 is 9.13 Å². The van der Waals surface area contributed by atoms with Gasteiger partial charge < -0.3 is 4.74 Å². The van der Waals surface area contributed by atoms with Crippen LogP contribution in [0.25, 0.3) is 0 Å². The van der Waals surface area contributed by atoms with Crippen molar-refractivity contribution in [3.63, 3.8) is 0 Å².